The van der Waals surface area contributed by atoms with E-state index in [0.29, 0.717) is 42.3 Å². The minimum absolute atomic E-state index is 0.199. The summed E-state index contributed by atoms with van der Waals surface area (Å²) in [6.07, 6.45) is 3.26. The quantitative estimate of drug-likeness (QED) is 0.500. The SMILES string of the molecule is COCCCN1C(=O)C2C(CCSC)NC3(C(=O)Nc4c(Cl)cccc43)C2C1=O. The van der Waals surface area contributed by atoms with Crippen LogP contribution in [0.2, 0.25) is 5.02 Å². The molecule has 3 aliphatic rings. The number of fused-ring (bicyclic) bond motifs is 4. The smallest absolute Gasteiger partial charge is 0.250 e. The Bertz CT molecular complexity index is 866. The lowest BCUT2D eigenvalue weighted by atomic mass is 9.76. The Morgan fingerprint density at radius 3 is 2.79 bits per heavy atom. The van der Waals surface area contributed by atoms with Gasteiger partial charge in [0.2, 0.25) is 17.7 Å². The number of benzene rings is 1. The summed E-state index contributed by atoms with van der Waals surface area (Å²) >= 11 is 7.99. The van der Waals surface area contributed by atoms with Gasteiger partial charge in [-0.25, -0.2) is 0 Å². The maximum Gasteiger partial charge on any atom is 0.250 e. The van der Waals surface area contributed by atoms with Crippen LogP contribution in [0, 0.1) is 11.8 Å². The highest BCUT2D eigenvalue weighted by Gasteiger charge is 2.70. The zero-order valence-corrected chi connectivity index (χ0v) is 17.9. The number of hydrogen-bond donors (Lipinski definition) is 2. The minimum Gasteiger partial charge on any atom is -0.385 e. The van der Waals surface area contributed by atoms with Crippen molar-refractivity contribution < 1.29 is 19.1 Å². The van der Waals surface area contributed by atoms with Crippen molar-refractivity contribution in [3.8, 4) is 0 Å². The molecule has 3 heterocycles. The molecule has 9 heteroatoms. The number of imide groups is 1. The molecule has 0 radical (unpaired) electrons. The van der Waals surface area contributed by atoms with Crippen LogP contribution < -0.4 is 10.6 Å². The highest BCUT2D eigenvalue weighted by atomic mass is 35.5. The summed E-state index contributed by atoms with van der Waals surface area (Å²) in [5.41, 5.74) is -0.0953. The zero-order chi connectivity index (χ0) is 20.8. The van der Waals surface area contributed by atoms with Crippen molar-refractivity contribution in [1.29, 1.82) is 0 Å². The highest BCUT2D eigenvalue weighted by molar-refractivity contribution is 7.98. The third kappa shape index (κ3) is 3.00. The molecular weight excluding hydrogens is 414 g/mol. The fraction of sp³-hybridized carbons (Fsp3) is 0.550. The fourth-order valence-electron chi connectivity index (χ4n) is 4.93. The maximum absolute atomic E-state index is 13.4. The van der Waals surface area contributed by atoms with Gasteiger partial charge in [0.1, 0.15) is 5.54 Å². The van der Waals surface area contributed by atoms with Crippen molar-refractivity contribution in [3.63, 3.8) is 0 Å². The second-order valence-corrected chi connectivity index (χ2v) is 9.03. The number of hydrogen-bond acceptors (Lipinski definition) is 6. The molecule has 1 aromatic carbocycles. The minimum atomic E-state index is -1.27. The van der Waals surface area contributed by atoms with Crippen molar-refractivity contribution in [1.82, 2.24) is 10.2 Å². The van der Waals surface area contributed by atoms with Crippen LogP contribution in [0.5, 0.6) is 0 Å². The first kappa shape index (κ1) is 20.7. The molecule has 0 saturated carbocycles. The maximum atomic E-state index is 13.4. The van der Waals surface area contributed by atoms with Crippen molar-refractivity contribution in [2.75, 3.05) is 37.6 Å². The van der Waals surface area contributed by atoms with Crippen LogP contribution in [-0.2, 0) is 24.7 Å². The molecule has 7 nitrogen and oxygen atoms in total. The van der Waals surface area contributed by atoms with E-state index in [1.165, 1.54) is 4.90 Å². The lowest BCUT2D eigenvalue weighted by Crippen LogP contribution is -2.53. The predicted octanol–water partition coefficient (Wildman–Crippen LogP) is 1.85. The number of halogens is 1. The first-order chi connectivity index (χ1) is 14.0. The Kier molecular flexibility index (Phi) is 5.63. The Hall–Kier alpha value is -1.61. The van der Waals surface area contributed by atoms with Crippen LogP contribution in [0.25, 0.3) is 0 Å². The third-order valence-corrected chi connectivity index (χ3v) is 7.11. The van der Waals surface area contributed by atoms with Gasteiger partial charge in [0.25, 0.3) is 0 Å². The molecule has 0 bridgehead atoms. The second-order valence-electron chi connectivity index (χ2n) is 7.63. The monoisotopic (exact) mass is 437 g/mol. The molecule has 4 atom stereocenters. The molecule has 3 aliphatic heterocycles. The van der Waals surface area contributed by atoms with Gasteiger partial charge in [-0.3, -0.25) is 24.6 Å². The summed E-state index contributed by atoms with van der Waals surface area (Å²) in [5, 5.41) is 6.68. The number of methoxy groups -OCH3 is 1. The third-order valence-electron chi connectivity index (χ3n) is 6.15. The number of amides is 3. The number of nitrogens with zero attached hydrogens (tertiary/aromatic N) is 1. The van der Waals surface area contributed by atoms with Crippen LogP contribution in [0.1, 0.15) is 18.4 Å². The normalized spacial score (nSPS) is 30.2. The zero-order valence-electron chi connectivity index (χ0n) is 16.4. The Morgan fingerprint density at radius 1 is 1.28 bits per heavy atom. The number of rotatable bonds is 7. The van der Waals surface area contributed by atoms with E-state index < -0.39 is 17.4 Å². The van der Waals surface area contributed by atoms with Crippen LogP contribution >= 0.6 is 23.4 Å². The molecule has 2 fully saturated rings. The summed E-state index contributed by atoms with van der Waals surface area (Å²) in [5.74, 6) is -1.32. The fourth-order valence-corrected chi connectivity index (χ4v) is 5.65. The molecule has 1 aromatic rings. The van der Waals surface area contributed by atoms with Crippen LogP contribution in [0.4, 0.5) is 5.69 Å². The van der Waals surface area contributed by atoms with Crippen molar-refractivity contribution in [2.24, 2.45) is 11.8 Å². The molecule has 1 spiro atoms. The largest absolute Gasteiger partial charge is 0.385 e. The molecule has 3 amide bonds. The average molecular weight is 438 g/mol. The van der Waals surface area contributed by atoms with E-state index in [0.717, 1.165) is 5.75 Å². The molecule has 4 rings (SSSR count). The van der Waals surface area contributed by atoms with Crippen LogP contribution in [0.15, 0.2) is 18.2 Å². The lowest BCUT2D eigenvalue weighted by Gasteiger charge is -2.29. The van der Waals surface area contributed by atoms with E-state index in [1.54, 1.807) is 31.0 Å². The first-order valence-electron chi connectivity index (χ1n) is 9.68. The Labute approximate surface area is 178 Å². The predicted molar refractivity (Wildman–Crippen MR) is 112 cm³/mol. The number of ether oxygens (including phenoxy) is 1. The molecule has 156 valence electrons. The van der Waals surface area contributed by atoms with Gasteiger partial charge in [-0.2, -0.15) is 11.8 Å². The van der Waals surface area contributed by atoms with Gasteiger partial charge < -0.3 is 10.1 Å². The summed E-state index contributed by atoms with van der Waals surface area (Å²) in [6, 6.07) is 5.03. The van der Waals surface area contributed by atoms with Gasteiger partial charge in [-0.15, -0.1) is 0 Å². The van der Waals surface area contributed by atoms with E-state index in [-0.39, 0.29) is 23.8 Å². The van der Waals surface area contributed by atoms with Gasteiger partial charge in [-0.05, 0) is 30.9 Å². The number of likely N-dealkylation sites (tertiary alicyclic amines) is 1. The van der Waals surface area contributed by atoms with Crippen LogP contribution in [0.3, 0.4) is 0 Å². The number of carbonyl (C=O) groups is 3. The number of thioether (sulfide) groups is 1. The van der Waals surface area contributed by atoms with Gasteiger partial charge in [0, 0.05) is 31.9 Å². The average Bonchev–Trinajstić information content (AvgIpc) is 3.28. The molecule has 4 unspecified atom stereocenters. The number of para-hydroxylation sites is 1. The number of anilines is 1. The van der Waals surface area contributed by atoms with Crippen molar-refractivity contribution >= 4 is 46.8 Å². The van der Waals surface area contributed by atoms with Crippen molar-refractivity contribution in [3.05, 3.63) is 28.8 Å². The lowest BCUT2D eigenvalue weighted by molar-refractivity contribution is -0.143. The van der Waals surface area contributed by atoms with E-state index in [9.17, 15) is 14.4 Å². The van der Waals surface area contributed by atoms with Crippen molar-refractivity contribution in [2.45, 2.75) is 24.4 Å². The van der Waals surface area contributed by atoms with Gasteiger partial charge >= 0.3 is 0 Å². The first-order valence-corrected chi connectivity index (χ1v) is 11.5. The summed E-state index contributed by atoms with van der Waals surface area (Å²) in [4.78, 5) is 41.2. The summed E-state index contributed by atoms with van der Waals surface area (Å²) < 4.78 is 5.07. The topological polar surface area (TPSA) is 87.7 Å². The van der Waals surface area contributed by atoms with Gasteiger partial charge in [-0.1, -0.05) is 23.7 Å². The second kappa shape index (κ2) is 7.91. The van der Waals surface area contributed by atoms with E-state index >= 15 is 0 Å². The summed E-state index contributed by atoms with van der Waals surface area (Å²) in [7, 11) is 1.59. The van der Waals surface area contributed by atoms with E-state index in [1.807, 2.05) is 12.3 Å². The standard InChI is InChI=1S/C20H24ClN3O4S/c1-28-9-4-8-24-17(25)14-13(7-10-29-2)23-20(15(14)18(24)26)11-5-3-6-12(21)16(11)22-19(20)27/h3,5-6,13-15,23H,4,7-10H2,1-2H3,(H,22,27). The number of nitrogens with one attached hydrogen (secondary N) is 2. The van der Waals surface area contributed by atoms with Gasteiger partial charge in [0.05, 0.1) is 22.5 Å². The molecule has 2 saturated heterocycles. The van der Waals surface area contributed by atoms with E-state index in [2.05, 4.69) is 10.6 Å². The van der Waals surface area contributed by atoms with E-state index in [4.69, 9.17) is 16.3 Å². The number of carbonyl (C=O) groups excluding carboxylic acids is 3. The molecular formula is C20H24ClN3O4S. The molecule has 2 N–H and O–H groups in total. The van der Waals surface area contributed by atoms with Crippen LogP contribution in [-0.4, -0.2) is 60.9 Å². The molecule has 0 aliphatic carbocycles. The Morgan fingerprint density at radius 2 is 2.07 bits per heavy atom. The molecule has 29 heavy (non-hydrogen) atoms. The highest BCUT2D eigenvalue weighted by Crippen LogP contribution is 2.54. The molecule has 0 aromatic heterocycles. The summed E-state index contributed by atoms with van der Waals surface area (Å²) in [6.45, 7) is 0.762. The Balaban J connectivity index is 1.77. The van der Waals surface area contributed by atoms with Gasteiger partial charge in [0.15, 0.2) is 0 Å².